The van der Waals surface area contributed by atoms with Crippen LogP contribution >= 0.6 is 23.4 Å². The molecule has 3 rings (SSSR count). The molecular formula is C18H18ClN3O4S. The van der Waals surface area contributed by atoms with Crippen molar-refractivity contribution >= 4 is 41.2 Å². The molecule has 0 unspecified atom stereocenters. The molecule has 27 heavy (non-hydrogen) atoms. The van der Waals surface area contributed by atoms with Crippen LogP contribution < -0.4 is 10.6 Å². The van der Waals surface area contributed by atoms with Crippen molar-refractivity contribution in [3.05, 3.63) is 53.4 Å². The van der Waals surface area contributed by atoms with Gasteiger partial charge in [-0.1, -0.05) is 11.6 Å². The van der Waals surface area contributed by atoms with Crippen LogP contribution in [0.1, 0.15) is 12.7 Å². The van der Waals surface area contributed by atoms with Gasteiger partial charge in [-0.05, 0) is 43.3 Å². The van der Waals surface area contributed by atoms with Gasteiger partial charge in [-0.15, -0.1) is 11.8 Å². The minimum atomic E-state index is -1.30. The summed E-state index contributed by atoms with van der Waals surface area (Å²) in [5.41, 5.74) is -1.30. The number of halogens is 1. The molecule has 0 aliphatic carbocycles. The Labute approximate surface area is 165 Å². The third-order valence-corrected chi connectivity index (χ3v) is 5.36. The third kappa shape index (κ3) is 4.28. The third-order valence-electron chi connectivity index (χ3n) is 4.10. The molecule has 7 nitrogen and oxygen atoms in total. The summed E-state index contributed by atoms with van der Waals surface area (Å²) in [6.45, 7) is 1.62. The molecule has 0 radical (unpaired) electrons. The Bertz CT molecular complexity index is 841. The van der Waals surface area contributed by atoms with E-state index in [1.165, 1.54) is 6.26 Å². The number of rotatable bonds is 7. The molecule has 0 bridgehead atoms. The first-order chi connectivity index (χ1) is 12.9. The Kier molecular flexibility index (Phi) is 5.76. The van der Waals surface area contributed by atoms with Crippen LogP contribution in [0.3, 0.4) is 0 Å². The van der Waals surface area contributed by atoms with Gasteiger partial charge >= 0.3 is 6.03 Å². The predicted octanol–water partition coefficient (Wildman–Crippen LogP) is 2.61. The molecule has 1 saturated heterocycles. The SMILES string of the molecule is C[C@@]1(c2ccco2)NC(=O)N(CC(=O)NCCSc2ccc(Cl)cc2)C1=O. The summed E-state index contributed by atoms with van der Waals surface area (Å²) >= 11 is 7.40. The number of hydrogen-bond donors (Lipinski definition) is 2. The molecule has 1 fully saturated rings. The van der Waals surface area contributed by atoms with Crippen LogP contribution in [0.4, 0.5) is 4.79 Å². The van der Waals surface area contributed by atoms with E-state index >= 15 is 0 Å². The number of thioether (sulfide) groups is 1. The highest BCUT2D eigenvalue weighted by Crippen LogP contribution is 2.28. The van der Waals surface area contributed by atoms with Gasteiger partial charge in [0.15, 0.2) is 5.54 Å². The number of benzene rings is 1. The van der Waals surface area contributed by atoms with Gasteiger partial charge in [-0.2, -0.15) is 0 Å². The molecule has 1 aromatic carbocycles. The number of carbonyl (C=O) groups is 3. The number of urea groups is 1. The van der Waals surface area contributed by atoms with Crippen LogP contribution in [0.2, 0.25) is 5.02 Å². The first-order valence-corrected chi connectivity index (χ1v) is 9.59. The van der Waals surface area contributed by atoms with Crippen LogP contribution in [0.5, 0.6) is 0 Å². The lowest BCUT2D eigenvalue weighted by Crippen LogP contribution is -2.43. The molecule has 1 atom stereocenters. The Morgan fingerprint density at radius 3 is 2.70 bits per heavy atom. The van der Waals surface area contributed by atoms with E-state index in [0.29, 0.717) is 23.1 Å². The van der Waals surface area contributed by atoms with Gasteiger partial charge in [0.25, 0.3) is 5.91 Å². The average Bonchev–Trinajstić information content (AvgIpc) is 3.25. The molecule has 9 heteroatoms. The summed E-state index contributed by atoms with van der Waals surface area (Å²) in [6.07, 6.45) is 1.42. The summed E-state index contributed by atoms with van der Waals surface area (Å²) in [5.74, 6) is 0.0487. The molecule has 0 saturated carbocycles. The van der Waals surface area contributed by atoms with Gasteiger partial charge in [0.05, 0.1) is 6.26 Å². The van der Waals surface area contributed by atoms with Crippen LogP contribution in [0.25, 0.3) is 0 Å². The van der Waals surface area contributed by atoms with E-state index in [4.69, 9.17) is 16.0 Å². The zero-order chi connectivity index (χ0) is 19.4. The molecule has 1 aromatic heterocycles. The van der Waals surface area contributed by atoms with Crippen molar-refractivity contribution in [3.8, 4) is 0 Å². The van der Waals surface area contributed by atoms with E-state index in [-0.39, 0.29) is 6.54 Å². The van der Waals surface area contributed by atoms with Crippen molar-refractivity contribution in [2.45, 2.75) is 17.4 Å². The minimum absolute atomic E-state index is 0.322. The highest BCUT2D eigenvalue weighted by molar-refractivity contribution is 7.99. The lowest BCUT2D eigenvalue weighted by molar-refractivity contribution is -0.135. The monoisotopic (exact) mass is 407 g/mol. The zero-order valence-electron chi connectivity index (χ0n) is 14.5. The van der Waals surface area contributed by atoms with Gasteiger partial charge in [-0.25, -0.2) is 4.79 Å². The van der Waals surface area contributed by atoms with Crippen molar-refractivity contribution in [3.63, 3.8) is 0 Å². The van der Waals surface area contributed by atoms with Crippen molar-refractivity contribution in [1.29, 1.82) is 0 Å². The standard InChI is InChI=1S/C18H18ClN3O4S/c1-18(14-3-2-9-26-14)16(24)22(17(25)21-18)11-15(23)20-8-10-27-13-6-4-12(19)5-7-13/h2-7,9H,8,10-11H2,1H3,(H,20,23)(H,21,25)/t18-/m0/s1. The maximum absolute atomic E-state index is 12.6. The van der Waals surface area contributed by atoms with E-state index < -0.39 is 23.4 Å². The van der Waals surface area contributed by atoms with E-state index in [2.05, 4.69) is 10.6 Å². The second-order valence-corrected chi connectivity index (χ2v) is 7.68. The fraction of sp³-hybridized carbons (Fsp3) is 0.278. The maximum Gasteiger partial charge on any atom is 0.325 e. The average molecular weight is 408 g/mol. The molecule has 0 spiro atoms. The number of furan rings is 1. The van der Waals surface area contributed by atoms with Gasteiger partial charge in [0.2, 0.25) is 5.91 Å². The minimum Gasteiger partial charge on any atom is -0.466 e. The van der Waals surface area contributed by atoms with Gasteiger partial charge in [-0.3, -0.25) is 14.5 Å². The number of carbonyl (C=O) groups excluding carboxylic acids is 3. The molecule has 1 aliphatic rings. The van der Waals surface area contributed by atoms with E-state index in [0.717, 1.165) is 9.80 Å². The van der Waals surface area contributed by atoms with Gasteiger partial charge < -0.3 is 15.1 Å². The lowest BCUT2D eigenvalue weighted by atomic mass is 9.99. The largest absolute Gasteiger partial charge is 0.466 e. The smallest absolute Gasteiger partial charge is 0.325 e. The molecule has 2 aromatic rings. The van der Waals surface area contributed by atoms with Crippen molar-refractivity contribution in [2.75, 3.05) is 18.8 Å². The highest BCUT2D eigenvalue weighted by Gasteiger charge is 2.51. The van der Waals surface area contributed by atoms with Crippen LogP contribution in [-0.4, -0.2) is 41.6 Å². The second kappa shape index (κ2) is 8.06. The molecule has 1 aliphatic heterocycles. The van der Waals surface area contributed by atoms with Gasteiger partial charge in [0, 0.05) is 22.2 Å². The molecule has 142 valence electrons. The number of nitrogens with zero attached hydrogens (tertiary/aromatic N) is 1. The van der Waals surface area contributed by atoms with Crippen molar-refractivity contribution in [1.82, 2.24) is 15.5 Å². The number of amides is 4. The Morgan fingerprint density at radius 1 is 1.30 bits per heavy atom. The quantitative estimate of drug-likeness (QED) is 0.418. The van der Waals surface area contributed by atoms with E-state index in [1.807, 2.05) is 12.1 Å². The first kappa shape index (κ1) is 19.3. The van der Waals surface area contributed by atoms with E-state index in [1.54, 1.807) is 43.0 Å². The molecular weight excluding hydrogens is 390 g/mol. The Morgan fingerprint density at radius 2 is 2.04 bits per heavy atom. The predicted molar refractivity (Wildman–Crippen MR) is 101 cm³/mol. The van der Waals surface area contributed by atoms with Crippen LogP contribution in [-0.2, 0) is 15.1 Å². The summed E-state index contributed by atoms with van der Waals surface area (Å²) in [4.78, 5) is 38.8. The van der Waals surface area contributed by atoms with E-state index in [9.17, 15) is 14.4 Å². The maximum atomic E-state index is 12.6. The summed E-state index contributed by atoms with van der Waals surface area (Å²) in [7, 11) is 0. The number of hydrogen-bond acceptors (Lipinski definition) is 5. The van der Waals surface area contributed by atoms with Crippen molar-refractivity contribution < 1.29 is 18.8 Å². The summed E-state index contributed by atoms with van der Waals surface area (Å²) < 4.78 is 5.25. The number of imide groups is 1. The Balaban J connectivity index is 1.48. The molecule has 2 heterocycles. The summed E-state index contributed by atoms with van der Waals surface area (Å²) in [5, 5.41) is 5.96. The second-order valence-electron chi connectivity index (χ2n) is 6.08. The van der Waals surface area contributed by atoms with Gasteiger partial charge in [0.1, 0.15) is 12.3 Å². The highest BCUT2D eigenvalue weighted by atomic mass is 35.5. The molecule has 4 amide bonds. The first-order valence-electron chi connectivity index (χ1n) is 8.23. The van der Waals surface area contributed by atoms with Crippen LogP contribution in [0.15, 0.2) is 52.0 Å². The topological polar surface area (TPSA) is 91.7 Å². The zero-order valence-corrected chi connectivity index (χ0v) is 16.1. The molecule has 2 N–H and O–H groups in total. The normalized spacial score (nSPS) is 19.3. The number of nitrogens with one attached hydrogen (secondary N) is 2. The Hall–Kier alpha value is -2.45. The summed E-state index contributed by atoms with van der Waals surface area (Å²) in [6, 6.07) is 10.0. The van der Waals surface area contributed by atoms with Crippen molar-refractivity contribution in [2.24, 2.45) is 0 Å². The fourth-order valence-electron chi connectivity index (χ4n) is 2.66. The fourth-order valence-corrected chi connectivity index (χ4v) is 3.55. The van der Waals surface area contributed by atoms with Crippen LogP contribution in [0, 0.1) is 0 Å². The lowest BCUT2D eigenvalue weighted by Gasteiger charge is -2.18.